The van der Waals surface area contributed by atoms with Crippen molar-refractivity contribution in [3.05, 3.63) is 11.6 Å². The quantitative estimate of drug-likeness (QED) is 0.373. The SMILES string of the molecule is C/C=C(\C[Si](C)(Cl)Cl)C1CCCCC1. The third-order valence-electron chi connectivity index (χ3n) is 3.01. The first-order chi connectivity index (χ1) is 6.53. The van der Waals surface area contributed by atoms with Crippen molar-refractivity contribution >= 4 is 28.9 Å². The maximum atomic E-state index is 6.19. The van der Waals surface area contributed by atoms with Crippen LogP contribution in [-0.2, 0) is 0 Å². The van der Waals surface area contributed by atoms with Crippen LogP contribution in [0, 0.1) is 5.92 Å². The van der Waals surface area contributed by atoms with E-state index in [1.807, 2.05) is 6.55 Å². The van der Waals surface area contributed by atoms with Gasteiger partial charge in [0, 0.05) is 0 Å². The molecule has 1 rings (SSSR count). The summed E-state index contributed by atoms with van der Waals surface area (Å²) in [5.74, 6) is 0.776. The summed E-state index contributed by atoms with van der Waals surface area (Å²) in [6.45, 7) is 2.19. The van der Waals surface area contributed by atoms with Gasteiger partial charge in [-0.3, -0.25) is 0 Å². The van der Waals surface area contributed by atoms with Crippen molar-refractivity contribution in [2.24, 2.45) is 5.92 Å². The van der Waals surface area contributed by atoms with Gasteiger partial charge in [0.1, 0.15) is 0 Å². The largest absolute Gasteiger partial charge is 0.252 e. The molecule has 0 amide bonds. The molecule has 0 N–H and O–H groups in total. The van der Waals surface area contributed by atoms with Crippen molar-refractivity contribution in [3.8, 4) is 0 Å². The molecule has 3 heteroatoms. The van der Waals surface area contributed by atoms with E-state index >= 15 is 0 Å². The van der Waals surface area contributed by atoms with E-state index in [4.69, 9.17) is 22.2 Å². The van der Waals surface area contributed by atoms with E-state index in [2.05, 4.69) is 13.0 Å². The highest BCUT2D eigenvalue weighted by Gasteiger charge is 2.26. The summed E-state index contributed by atoms with van der Waals surface area (Å²) in [4.78, 5) is 0. The average molecular weight is 251 g/mol. The summed E-state index contributed by atoms with van der Waals surface area (Å²) >= 11 is 12.4. The Labute approximate surface area is 98.1 Å². The van der Waals surface area contributed by atoms with E-state index in [0.29, 0.717) is 0 Å². The Balaban J connectivity index is 2.53. The van der Waals surface area contributed by atoms with E-state index < -0.39 is 6.69 Å². The predicted molar refractivity (Wildman–Crippen MR) is 68.5 cm³/mol. The van der Waals surface area contributed by atoms with Crippen LogP contribution in [-0.4, -0.2) is 6.69 Å². The van der Waals surface area contributed by atoms with Gasteiger partial charge in [-0.1, -0.05) is 30.9 Å². The molecular weight excluding hydrogens is 231 g/mol. The molecule has 0 heterocycles. The molecule has 0 nitrogen and oxygen atoms in total. The molecule has 0 bridgehead atoms. The Kier molecular flexibility index (Phi) is 5.02. The van der Waals surface area contributed by atoms with Crippen LogP contribution in [0.3, 0.4) is 0 Å². The molecule has 0 spiro atoms. The highest BCUT2D eigenvalue weighted by molar-refractivity contribution is 7.45. The molecule has 0 unspecified atom stereocenters. The van der Waals surface area contributed by atoms with Gasteiger partial charge in [0.05, 0.1) is 0 Å². The van der Waals surface area contributed by atoms with Crippen molar-refractivity contribution in [1.29, 1.82) is 0 Å². The summed E-state index contributed by atoms with van der Waals surface area (Å²) in [6.07, 6.45) is 9.10. The van der Waals surface area contributed by atoms with Gasteiger partial charge in [0.15, 0.2) is 0 Å². The number of hydrogen-bond acceptors (Lipinski definition) is 0. The average Bonchev–Trinajstić information content (AvgIpc) is 2.14. The molecule has 82 valence electrons. The first-order valence-corrected chi connectivity index (χ1v) is 10.3. The zero-order valence-electron chi connectivity index (χ0n) is 9.15. The molecule has 0 atom stereocenters. The van der Waals surface area contributed by atoms with Crippen LogP contribution < -0.4 is 0 Å². The van der Waals surface area contributed by atoms with E-state index in [1.165, 1.54) is 37.7 Å². The minimum atomic E-state index is -1.95. The number of halogens is 2. The summed E-state index contributed by atoms with van der Waals surface area (Å²) in [6, 6.07) is 0.956. The van der Waals surface area contributed by atoms with Crippen LogP contribution in [0.4, 0.5) is 0 Å². The van der Waals surface area contributed by atoms with Gasteiger partial charge in [0.2, 0.25) is 0 Å². The van der Waals surface area contributed by atoms with Crippen LogP contribution in [0.2, 0.25) is 12.6 Å². The fourth-order valence-electron chi connectivity index (χ4n) is 2.31. The van der Waals surface area contributed by atoms with Gasteiger partial charge >= 0.3 is 0 Å². The van der Waals surface area contributed by atoms with Gasteiger partial charge in [-0.05, 0) is 38.3 Å². The van der Waals surface area contributed by atoms with Gasteiger partial charge in [0.25, 0.3) is 6.69 Å². The molecule has 0 aliphatic heterocycles. The highest BCUT2D eigenvalue weighted by Crippen LogP contribution is 2.36. The lowest BCUT2D eigenvalue weighted by Crippen LogP contribution is -2.18. The van der Waals surface area contributed by atoms with Crippen molar-refractivity contribution in [2.45, 2.75) is 51.6 Å². The topological polar surface area (TPSA) is 0 Å². The first-order valence-electron chi connectivity index (χ1n) is 5.56. The molecule has 0 aromatic carbocycles. The zero-order chi connectivity index (χ0) is 10.6. The van der Waals surface area contributed by atoms with Crippen molar-refractivity contribution in [1.82, 2.24) is 0 Å². The first kappa shape index (κ1) is 12.6. The standard InChI is InChI=1S/C11H20Cl2Si/c1-3-10(9-14(2,12)13)11-7-5-4-6-8-11/h3,11H,4-9H2,1-2H3/b10-3+. The number of allylic oxidation sites excluding steroid dienone is 2. The normalized spacial score (nSPS) is 21.3. The molecule has 0 radical (unpaired) electrons. The minimum Gasteiger partial charge on any atom is -0.146 e. The maximum Gasteiger partial charge on any atom is 0.252 e. The van der Waals surface area contributed by atoms with Crippen LogP contribution in [0.1, 0.15) is 39.0 Å². The molecule has 1 saturated carbocycles. The predicted octanol–water partition coefficient (Wildman–Crippen LogP) is 5.06. The molecule has 1 aliphatic rings. The molecule has 0 aromatic rings. The number of hydrogen-bond donors (Lipinski definition) is 0. The van der Waals surface area contributed by atoms with Crippen molar-refractivity contribution in [2.75, 3.05) is 0 Å². The van der Waals surface area contributed by atoms with Crippen LogP contribution in [0.25, 0.3) is 0 Å². The molecule has 14 heavy (non-hydrogen) atoms. The lowest BCUT2D eigenvalue weighted by atomic mass is 9.84. The van der Waals surface area contributed by atoms with Crippen LogP contribution >= 0.6 is 22.2 Å². The zero-order valence-corrected chi connectivity index (χ0v) is 11.7. The lowest BCUT2D eigenvalue weighted by molar-refractivity contribution is 0.402. The molecular formula is C11H20Cl2Si. The second-order valence-corrected chi connectivity index (χ2v) is 12.5. The van der Waals surface area contributed by atoms with Gasteiger partial charge in [-0.2, -0.15) is 0 Å². The molecule has 0 saturated heterocycles. The second-order valence-electron chi connectivity index (χ2n) is 4.45. The van der Waals surface area contributed by atoms with E-state index in [0.717, 1.165) is 12.0 Å². The third-order valence-corrected chi connectivity index (χ3v) is 4.85. The monoisotopic (exact) mass is 250 g/mol. The Morgan fingerprint density at radius 1 is 1.29 bits per heavy atom. The fourth-order valence-corrected chi connectivity index (χ4v) is 4.45. The summed E-state index contributed by atoms with van der Waals surface area (Å²) in [5.41, 5.74) is 1.52. The fraction of sp³-hybridized carbons (Fsp3) is 0.818. The van der Waals surface area contributed by atoms with E-state index in [9.17, 15) is 0 Å². The number of rotatable bonds is 3. The van der Waals surface area contributed by atoms with Crippen LogP contribution in [0.5, 0.6) is 0 Å². The molecule has 1 fully saturated rings. The molecule has 0 aromatic heterocycles. The smallest absolute Gasteiger partial charge is 0.146 e. The third kappa shape index (κ3) is 4.37. The van der Waals surface area contributed by atoms with Gasteiger partial charge in [-0.15, -0.1) is 22.2 Å². The van der Waals surface area contributed by atoms with E-state index in [-0.39, 0.29) is 0 Å². The van der Waals surface area contributed by atoms with Gasteiger partial charge < -0.3 is 0 Å². The van der Waals surface area contributed by atoms with Crippen molar-refractivity contribution < 1.29 is 0 Å². The lowest BCUT2D eigenvalue weighted by Gasteiger charge is -2.26. The van der Waals surface area contributed by atoms with E-state index in [1.54, 1.807) is 0 Å². The summed E-state index contributed by atoms with van der Waals surface area (Å²) in [7, 11) is 0. The summed E-state index contributed by atoms with van der Waals surface area (Å²) in [5, 5.41) is 0. The minimum absolute atomic E-state index is 0.776. The van der Waals surface area contributed by atoms with Gasteiger partial charge in [-0.25, -0.2) is 0 Å². The second kappa shape index (κ2) is 5.57. The van der Waals surface area contributed by atoms with Crippen molar-refractivity contribution in [3.63, 3.8) is 0 Å². The Bertz CT molecular complexity index is 200. The highest BCUT2D eigenvalue weighted by atomic mass is 35.7. The Hall–Kier alpha value is 0.537. The Morgan fingerprint density at radius 2 is 1.86 bits per heavy atom. The Morgan fingerprint density at radius 3 is 2.29 bits per heavy atom. The van der Waals surface area contributed by atoms with Crippen LogP contribution in [0.15, 0.2) is 11.6 Å². The maximum absolute atomic E-state index is 6.19. The summed E-state index contributed by atoms with van der Waals surface area (Å²) < 4.78 is 0. The molecule has 1 aliphatic carbocycles.